The van der Waals surface area contributed by atoms with E-state index in [1.165, 1.54) is 24.8 Å². The Morgan fingerprint density at radius 3 is 2.72 bits per heavy atom. The number of aryl methyl sites for hydroxylation is 1. The molecule has 1 aliphatic rings. The van der Waals surface area contributed by atoms with E-state index in [1.54, 1.807) is 6.07 Å². The number of rotatable bonds is 3. The van der Waals surface area contributed by atoms with Crippen molar-refractivity contribution in [3.8, 4) is 5.75 Å². The molecule has 0 heterocycles. The van der Waals surface area contributed by atoms with Crippen LogP contribution in [0, 0.1) is 12.3 Å². The number of nitrogens with one attached hydrogen (secondary N) is 1. The van der Waals surface area contributed by atoms with Crippen LogP contribution in [0.5, 0.6) is 5.75 Å². The molecule has 0 radical (unpaired) electrons. The van der Waals surface area contributed by atoms with E-state index in [1.807, 2.05) is 6.07 Å². The number of phenolic OH excluding ortho intramolecular Hbond substituents is 1. The van der Waals surface area contributed by atoms with Crippen LogP contribution in [0.15, 0.2) is 18.2 Å². The van der Waals surface area contributed by atoms with Gasteiger partial charge in [0.15, 0.2) is 0 Å². The lowest BCUT2D eigenvalue weighted by atomic mass is 9.91. The highest BCUT2D eigenvalue weighted by Crippen LogP contribution is 2.38. The monoisotopic (exact) mass is 247 g/mol. The average molecular weight is 247 g/mol. The first kappa shape index (κ1) is 13.4. The molecule has 0 aliphatic heterocycles. The highest BCUT2D eigenvalue weighted by Gasteiger charge is 2.31. The fraction of sp³-hybridized carbons (Fsp3) is 0.625. The molecule has 0 bridgehead atoms. The Hall–Kier alpha value is -1.02. The zero-order chi connectivity index (χ0) is 13.3. The van der Waals surface area contributed by atoms with Crippen LogP contribution in [0.1, 0.15) is 57.2 Å². The molecule has 1 aliphatic carbocycles. The summed E-state index contributed by atoms with van der Waals surface area (Å²) in [6.07, 6.45) is 3.75. The van der Waals surface area contributed by atoms with Crippen molar-refractivity contribution in [2.45, 2.75) is 59.0 Å². The molecule has 2 atom stereocenters. The summed E-state index contributed by atoms with van der Waals surface area (Å²) in [5.41, 5.74) is 2.68. The van der Waals surface area contributed by atoms with E-state index in [0.29, 0.717) is 17.2 Å². The van der Waals surface area contributed by atoms with Gasteiger partial charge in [0.05, 0.1) is 0 Å². The second-order valence-corrected chi connectivity index (χ2v) is 6.55. The fourth-order valence-electron chi connectivity index (χ4n) is 3.04. The highest BCUT2D eigenvalue weighted by atomic mass is 16.3. The summed E-state index contributed by atoms with van der Waals surface area (Å²) < 4.78 is 0. The molecule has 0 saturated heterocycles. The molecule has 18 heavy (non-hydrogen) atoms. The Morgan fingerprint density at radius 1 is 1.39 bits per heavy atom. The summed E-state index contributed by atoms with van der Waals surface area (Å²) in [6.45, 7) is 8.88. The molecule has 2 heteroatoms. The van der Waals surface area contributed by atoms with Gasteiger partial charge in [-0.1, -0.05) is 31.5 Å². The van der Waals surface area contributed by atoms with Crippen molar-refractivity contribution in [3.63, 3.8) is 0 Å². The van der Waals surface area contributed by atoms with Crippen molar-refractivity contribution in [2.75, 3.05) is 0 Å². The number of benzene rings is 1. The molecule has 0 spiro atoms. The molecule has 100 valence electrons. The van der Waals surface area contributed by atoms with E-state index in [-0.39, 0.29) is 6.04 Å². The van der Waals surface area contributed by atoms with Gasteiger partial charge in [0.2, 0.25) is 0 Å². The van der Waals surface area contributed by atoms with Crippen molar-refractivity contribution >= 4 is 0 Å². The largest absolute Gasteiger partial charge is 0.508 e. The zero-order valence-electron chi connectivity index (χ0n) is 12.0. The van der Waals surface area contributed by atoms with Crippen LogP contribution in [-0.4, -0.2) is 11.1 Å². The number of aromatic hydroxyl groups is 1. The molecule has 1 aromatic carbocycles. The topological polar surface area (TPSA) is 32.3 Å². The Kier molecular flexibility index (Phi) is 3.67. The third-order valence-electron chi connectivity index (χ3n) is 4.10. The van der Waals surface area contributed by atoms with Crippen LogP contribution in [0.3, 0.4) is 0 Å². The minimum absolute atomic E-state index is 0.212. The summed E-state index contributed by atoms with van der Waals surface area (Å²) in [4.78, 5) is 0. The van der Waals surface area contributed by atoms with Crippen molar-refractivity contribution in [1.82, 2.24) is 5.32 Å². The summed E-state index contributed by atoms with van der Waals surface area (Å²) >= 11 is 0. The Morgan fingerprint density at radius 2 is 2.11 bits per heavy atom. The van der Waals surface area contributed by atoms with Gasteiger partial charge in [0, 0.05) is 17.6 Å². The van der Waals surface area contributed by atoms with Gasteiger partial charge in [-0.2, -0.15) is 0 Å². The van der Waals surface area contributed by atoms with Crippen LogP contribution in [-0.2, 0) is 0 Å². The van der Waals surface area contributed by atoms with E-state index >= 15 is 0 Å². The lowest BCUT2D eigenvalue weighted by Gasteiger charge is -2.22. The van der Waals surface area contributed by atoms with E-state index in [4.69, 9.17) is 0 Å². The maximum absolute atomic E-state index is 9.94. The first-order valence-corrected chi connectivity index (χ1v) is 6.93. The lowest BCUT2D eigenvalue weighted by Crippen LogP contribution is -2.30. The minimum atomic E-state index is 0.212. The summed E-state index contributed by atoms with van der Waals surface area (Å²) in [6, 6.07) is 6.61. The number of phenols is 1. The molecule has 2 unspecified atom stereocenters. The fourth-order valence-corrected chi connectivity index (χ4v) is 3.04. The second-order valence-electron chi connectivity index (χ2n) is 6.55. The third-order valence-corrected chi connectivity index (χ3v) is 4.10. The minimum Gasteiger partial charge on any atom is -0.508 e. The van der Waals surface area contributed by atoms with Crippen molar-refractivity contribution in [3.05, 3.63) is 29.3 Å². The molecule has 1 aromatic rings. The van der Waals surface area contributed by atoms with Gasteiger partial charge in [-0.25, -0.2) is 0 Å². The van der Waals surface area contributed by atoms with Crippen LogP contribution in [0.2, 0.25) is 0 Å². The predicted molar refractivity (Wildman–Crippen MR) is 75.8 cm³/mol. The molecule has 2 rings (SSSR count). The second kappa shape index (κ2) is 4.93. The molecular formula is C16H25NO. The zero-order valence-corrected chi connectivity index (χ0v) is 12.0. The van der Waals surface area contributed by atoms with E-state index in [9.17, 15) is 5.11 Å². The number of hydrogen-bond donors (Lipinski definition) is 2. The SMILES string of the molecule is Cc1ccc(O)c(C(C)NC2CCC(C)(C)C2)c1. The van der Waals surface area contributed by atoms with Gasteiger partial charge in [0.1, 0.15) is 5.75 Å². The Bertz CT molecular complexity index is 425. The maximum Gasteiger partial charge on any atom is 0.120 e. The van der Waals surface area contributed by atoms with Crippen molar-refractivity contribution in [1.29, 1.82) is 0 Å². The molecule has 1 saturated carbocycles. The van der Waals surface area contributed by atoms with Crippen molar-refractivity contribution in [2.24, 2.45) is 5.41 Å². The average Bonchev–Trinajstić information content (AvgIpc) is 2.61. The van der Waals surface area contributed by atoms with Crippen LogP contribution in [0.4, 0.5) is 0 Å². The van der Waals surface area contributed by atoms with Crippen LogP contribution < -0.4 is 5.32 Å². The number of hydrogen-bond acceptors (Lipinski definition) is 2. The van der Waals surface area contributed by atoms with Gasteiger partial charge in [-0.15, -0.1) is 0 Å². The van der Waals surface area contributed by atoms with E-state index < -0.39 is 0 Å². The standard InChI is InChI=1S/C16H25NO/c1-11-5-6-15(18)14(9-11)12(2)17-13-7-8-16(3,4)10-13/h5-6,9,12-13,17-18H,7-8,10H2,1-4H3. The molecule has 1 fully saturated rings. The molecule has 0 aromatic heterocycles. The highest BCUT2D eigenvalue weighted by molar-refractivity contribution is 5.37. The molecular weight excluding hydrogens is 222 g/mol. The van der Waals surface area contributed by atoms with Gasteiger partial charge >= 0.3 is 0 Å². The Labute approximate surface area is 110 Å². The van der Waals surface area contributed by atoms with Crippen LogP contribution >= 0.6 is 0 Å². The molecule has 2 N–H and O–H groups in total. The first-order chi connectivity index (χ1) is 8.37. The van der Waals surface area contributed by atoms with Crippen LogP contribution in [0.25, 0.3) is 0 Å². The summed E-state index contributed by atoms with van der Waals surface area (Å²) in [5.74, 6) is 0.401. The van der Waals surface area contributed by atoms with Gasteiger partial charge in [0.25, 0.3) is 0 Å². The van der Waals surface area contributed by atoms with Gasteiger partial charge in [-0.3, -0.25) is 0 Å². The molecule has 0 amide bonds. The normalized spacial score (nSPS) is 24.1. The van der Waals surface area contributed by atoms with Crippen molar-refractivity contribution < 1.29 is 5.11 Å². The van der Waals surface area contributed by atoms with E-state index in [2.05, 4.69) is 39.1 Å². The van der Waals surface area contributed by atoms with E-state index in [0.717, 1.165) is 5.56 Å². The molecule has 2 nitrogen and oxygen atoms in total. The quantitative estimate of drug-likeness (QED) is 0.848. The third kappa shape index (κ3) is 3.05. The summed E-state index contributed by atoms with van der Waals surface area (Å²) in [7, 11) is 0. The first-order valence-electron chi connectivity index (χ1n) is 6.93. The predicted octanol–water partition coefficient (Wildman–Crippen LogP) is 3.93. The lowest BCUT2D eigenvalue weighted by molar-refractivity contribution is 0.354. The van der Waals surface area contributed by atoms with Gasteiger partial charge in [-0.05, 0) is 44.6 Å². The Balaban J connectivity index is 2.04. The smallest absolute Gasteiger partial charge is 0.120 e. The van der Waals surface area contributed by atoms with Gasteiger partial charge < -0.3 is 10.4 Å². The summed E-state index contributed by atoms with van der Waals surface area (Å²) in [5, 5.41) is 13.6. The maximum atomic E-state index is 9.94.